The first kappa shape index (κ1) is 17.2. The number of nitro groups is 1. The number of carbonyl (C=O) groups excluding carboxylic acids is 1. The van der Waals surface area contributed by atoms with Crippen LogP contribution in [0.15, 0.2) is 32.8 Å². The van der Waals surface area contributed by atoms with Gasteiger partial charge in [-0.1, -0.05) is 11.8 Å². The standard InChI is InChI=1S/C15H15N3O3S3/c1-10-9-23-15(16-10)24-13-3-2-11(8-12(13)18(20)21)14(19)17-4-6-22-7-5-17/h2-3,8-9H,4-7H2,1H3. The van der Waals surface area contributed by atoms with Gasteiger partial charge >= 0.3 is 0 Å². The second-order valence-corrected chi connectivity index (χ2v) is 8.57. The number of hydrogen-bond acceptors (Lipinski definition) is 7. The van der Waals surface area contributed by atoms with Gasteiger partial charge in [-0.05, 0) is 19.1 Å². The van der Waals surface area contributed by atoms with Crippen molar-refractivity contribution in [3.05, 3.63) is 45.0 Å². The molecule has 0 saturated carbocycles. The molecule has 0 aliphatic carbocycles. The number of aromatic nitrogens is 1. The maximum atomic E-state index is 12.5. The lowest BCUT2D eigenvalue weighted by Gasteiger charge is -2.26. The summed E-state index contributed by atoms with van der Waals surface area (Å²) in [6, 6.07) is 4.69. The van der Waals surface area contributed by atoms with E-state index in [4.69, 9.17) is 0 Å². The van der Waals surface area contributed by atoms with Crippen molar-refractivity contribution < 1.29 is 9.72 Å². The summed E-state index contributed by atoms with van der Waals surface area (Å²) in [7, 11) is 0. The summed E-state index contributed by atoms with van der Waals surface area (Å²) in [6.07, 6.45) is 0. The Bertz CT molecular complexity index is 772. The first-order valence-electron chi connectivity index (χ1n) is 7.30. The van der Waals surface area contributed by atoms with Gasteiger partial charge in [0.05, 0.1) is 9.82 Å². The fraction of sp³-hybridized carbons (Fsp3) is 0.333. The minimum absolute atomic E-state index is 0.0508. The lowest BCUT2D eigenvalue weighted by molar-refractivity contribution is -0.387. The van der Waals surface area contributed by atoms with Crippen molar-refractivity contribution in [1.82, 2.24) is 9.88 Å². The summed E-state index contributed by atoms with van der Waals surface area (Å²) in [5.41, 5.74) is 1.21. The van der Waals surface area contributed by atoms with Crippen LogP contribution in [-0.2, 0) is 0 Å². The number of nitrogens with zero attached hydrogens (tertiary/aromatic N) is 3. The number of amides is 1. The molecule has 1 aliphatic heterocycles. The molecule has 0 unspecified atom stereocenters. The van der Waals surface area contributed by atoms with E-state index in [1.54, 1.807) is 17.0 Å². The highest BCUT2D eigenvalue weighted by Crippen LogP contribution is 2.37. The van der Waals surface area contributed by atoms with E-state index in [0.717, 1.165) is 21.5 Å². The van der Waals surface area contributed by atoms with Crippen molar-refractivity contribution in [1.29, 1.82) is 0 Å². The molecule has 6 nitrogen and oxygen atoms in total. The molecule has 2 aromatic rings. The van der Waals surface area contributed by atoms with Gasteiger partial charge in [0.2, 0.25) is 0 Å². The van der Waals surface area contributed by atoms with Crippen molar-refractivity contribution in [2.24, 2.45) is 0 Å². The normalized spacial score (nSPS) is 14.6. The first-order chi connectivity index (χ1) is 11.5. The van der Waals surface area contributed by atoms with E-state index in [9.17, 15) is 14.9 Å². The second kappa shape index (κ2) is 7.54. The number of thioether (sulfide) groups is 1. The summed E-state index contributed by atoms with van der Waals surface area (Å²) < 4.78 is 0.753. The largest absolute Gasteiger partial charge is 0.337 e. The van der Waals surface area contributed by atoms with Gasteiger partial charge < -0.3 is 4.90 Å². The fourth-order valence-electron chi connectivity index (χ4n) is 2.30. The van der Waals surface area contributed by atoms with Crippen molar-refractivity contribution in [2.75, 3.05) is 24.6 Å². The van der Waals surface area contributed by atoms with Gasteiger partial charge in [0.15, 0.2) is 4.34 Å². The number of aryl methyl sites for hydroxylation is 1. The van der Waals surface area contributed by atoms with Crippen LogP contribution in [0.25, 0.3) is 0 Å². The Balaban J connectivity index is 1.86. The zero-order chi connectivity index (χ0) is 17.1. The highest BCUT2D eigenvalue weighted by molar-refractivity contribution is 8.01. The van der Waals surface area contributed by atoms with Crippen molar-refractivity contribution in [3.63, 3.8) is 0 Å². The number of nitro benzene ring substituents is 1. The Morgan fingerprint density at radius 3 is 2.75 bits per heavy atom. The van der Waals surface area contributed by atoms with Crippen LogP contribution in [0.1, 0.15) is 16.1 Å². The van der Waals surface area contributed by atoms with Gasteiger partial charge in [0.25, 0.3) is 11.6 Å². The molecule has 0 spiro atoms. The summed E-state index contributed by atoms with van der Waals surface area (Å²) >= 11 is 4.52. The second-order valence-electron chi connectivity index (χ2n) is 5.20. The number of thiazole rings is 1. The Morgan fingerprint density at radius 1 is 1.38 bits per heavy atom. The van der Waals surface area contributed by atoms with Gasteiger partial charge in [-0.2, -0.15) is 11.8 Å². The number of hydrogen-bond donors (Lipinski definition) is 0. The molecule has 1 aromatic heterocycles. The molecule has 1 aromatic carbocycles. The average molecular weight is 382 g/mol. The van der Waals surface area contributed by atoms with Crippen LogP contribution in [0.5, 0.6) is 0 Å². The summed E-state index contributed by atoms with van der Waals surface area (Å²) in [6.45, 7) is 3.26. The molecule has 0 bridgehead atoms. The van der Waals surface area contributed by atoms with E-state index in [-0.39, 0.29) is 11.6 Å². The Hall–Kier alpha value is -1.58. The van der Waals surface area contributed by atoms with E-state index >= 15 is 0 Å². The lowest BCUT2D eigenvalue weighted by atomic mass is 10.1. The zero-order valence-corrected chi connectivity index (χ0v) is 15.4. The molecule has 0 radical (unpaired) electrons. The molecule has 0 atom stereocenters. The monoisotopic (exact) mass is 381 g/mol. The SMILES string of the molecule is Cc1csc(Sc2ccc(C(=O)N3CCSCC3)cc2[N+](=O)[O-])n1. The maximum Gasteiger partial charge on any atom is 0.284 e. The van der Waals surface area contributed by atoms with E-state index in [1.165, 1.54) is 29.2 Å². The molecular formula is C15H15N3O3S3. The van der Waals surface area contributed by atoms with Crippen LogP contribution < -0.4 is 0 Å². The van der Waals surface area contributed by atoms with Gasteiger partial charge in [-0.3, -0.25) is 14.9 Å². The summed E-state index contributed by atoms with van der Waals surface area (Å²) in [5.74, 6) is 1.68. The zero-order valence-electron chi connectivity index (χ0n) is 12.9. The van der Waals surface area contributed by atoms with Crippen molar-refractivity contribution in [3.8, 4) is 0 Å². The van der Waals surface area contributed by atoms with Gasteiger partial charge in [-0.25, -0.2) is 4.98 Å². The minimum Gasteiger partial charge on any atom is -0.337 e. The minimum atomic E-state index is -0.439. The van der Waals surface area contributed by atoms with E-state index < -0.39 is 4.92 Å². The average Bonchev–Trinajstić information content (AvgIpc) is 3.00. The third-order valence-corrected chi connectivity index (χ3v) is 6.56. The Labute approximate surface area is 151 Å². The van der Waals surface area contributed by atoms with Crippen LogP contribution in [0.4, 0.5) is 5.69 Å². The maximum absolute atomic E-state index is 12.5. The van der Waals surface area contributed by atoms with E-state index in [1.807, 2.05) is 24.1 Å². The first-order valence-corrected chi connectivity index (χ1v) is 10.1. The molecule has 24 heavy (non-hydrogen) atoms. The molecule has 1 saturated heterocycles. The fourth-order valence-corrected chi connectivity index (χ4v) is 5.08. The predicted molar refractivity (Wildman–Crippen MR) is 97.3 cm³/mol. The van der Waals surface area contributed by atoms with Crippen molar-refractivity contribution >= 4 is 46.5 Å². The van der Waals surface area contributed by atoms with Gasteiger partial charge in [0, 0.05) is 47.3 Å². The van der Waals surface area contributed by atoms with E-state index in [0.29, 0.717) is 23.5 Å². The molecule has 2 heterocycles. The molecule has 1 amide bonds. The topological polar surface area (TPSA) is 76.3 Å². The molecule has 1 fully saturated rings. The molecule has 1 aliphatic rings. The molecule has 9 heteroatoms. The lowest BCUT2D eigenvalue weighted by Crippen LogP contribution is -2.37. The highest BCUT2D eigenvalue weighted by Gasteiger charge is 2.23. The van der Waals surface area contributed by atoms with Crippen molar-refractivity contribution in [2.45, 2.75) is 16.2 Å². The smallest absolute Gasteiger partial charge is 0.284 e. The quantitative estimate of drug-likeness (QED) is 0.594. The molecular weight excluding hydrogens is 366 g/mol. The van der Waals surface area contributed by atoms with Crippen LogP contribution in [-0.4, -0.2) is 45.3 Å². The summed E-state index contributed by atoms with van der Waals surface area (Å²) in [4.78, 5) is 30.1. The van der Waals surface area contributed by atoms with Crippen LogP contribution in [0.3, 0.4) is 0 Å². The number of carbonyl (C=O) groups is 1. The number of benzene rings is 1. The summed E-state index contributed by atoms with van der Waals surface area (Å²) in [5, 5.41) is 13.3. The van der Waals surface area contributed by atoms with Gasteiger partial charge in [-0.15, -0.1) is 11.3 Å². The number of rotatable bonds is 4. The molecule has 3 rings (SSSR count). The van der Waals surface area contributed by atoms with E-state index in [2.05, 4.69) is 4.98 Å². The Kier molecular flexibility index (Phi) is 5.42. The molecule has 126 valence electrons. The third kappa shape index (κ3) is 3.90. The van der Waals surface area contributed by atoms with Crippen LogP contribution in [0.2, 0.25) is 0 Å². The third-order valence-electron chi connectivity index (χ3n) is 3.50. The van der Waals surface area contributed by atoms with Crippen LogP contribution in [0, 0.1) is 17.0 Å². The molecule has 0 N–H and O–H groups in total. The highest BCUT2D eigenvalue weighted by atomic mass is 32.2. The van der Waals surface area contributed by atoms with Crippen LogP contribution >= 0.6 is 34.9 Å². The Morgan fingerprint density at radius 2 is 2.12 bits per heavy atom. The van der Waals surface area contributed by atoms with Gasteiger partial charge in [0.1, 0.15) is 0 Å². The predicted octanol–water partition coefficient (Wildman–Crippen LogP) is 3.70.